The van der Waals surface area contributed by atoms with Crippen molar-refractivity contribution in [3.8, 4) is 52.8 Å². The molecule has 1 saturated heterocycles. The molecule has 86 heavy (non-hydrogen) atoms. The van der Waals surface area contributed by atoms with Crippen LogP contribution >= 0.6 is 22.1 Å². The summed E-state index contributed by atoms with van der Waals surface area (Å²) >= 11 is 0. The number of unbranched alkanes of at least 4 members (excludes halogenated alkanes) is 1. The number of nitrogens with zero attached hydrogens (tertiary/aromatic N) is 6. The van der Waals surface area contributed by atoms with Gasteiger partial charge in [0.05, 0.1) is 17.1 Å². The zero-order valence-corrected chi connectivity index (χ0v) is 50.3. The van der Waals surface area contributed by atoms with Crippen LogP contribution in [0.5, 0.6) is 17.2 Å². The maximum atomic E-state index is 13.4. The van der Waals surface area contributed by atoms with Crippen molar-refractivity contribution in [2.45, 2.75) is 44.9 Å². The number of pyridine rings is 3. The molecule has 0 spiro atoms. The van der Waals surface area contributed by atoms with Gasteiger partial charge in [-0.15, -0.1) is 0 Å². The third kappa shape index (κ3) is 21.5. The molecule has 0 radical (unpaired) electrons. The first-order chi connectivity index (χ1) is 41.0. The number of hydrogen-bond donors (Lipinski definition) is 6. The molecule has 7 rings (SSSR count). The zero-order chi connectivity index (χ0) is 61.9. The van der Waals surface area contributed by atoms with Crippen molar-refractivity contribution in [1.29, 1.82) is 0 Å². The van der Waals surface area contributed by atoms with E-state index in [4.69, 9.17) is 45.1 Å². The quantitative estimate of drug-likeness (QED) is 0.0170. The fraction of sp³-hybridized carbons (Fsp3) is 0.311. The molecule has 0 aliphatic carbocycles. The minimum Gasteiger partial charge on any atom is -0.482 e. The predicted molar refractivity (Wildman–Crippen MR) is 323 cm³/mol. The molecule has 25 heteroatoms. The first-order valence-electron chi connectivity index (χ1n) is 27.1. The molecule has 1 aliphatic heterocycles. The smallest absolute Gasteiger partial charge is 0.341 e. The lowest BCUT2D eigenvalue weighted by atomic mass is 10.1. The first kappa shape index (κ1) is 65.6. The van der Waals surface area contributed by atoms with Crippen molar-refractivity contribution in [3.63, 3.8) is 0 Å². The molecule has 0 saturated carbocycles. The average Bonchev–Trinajstić information content (AvgIpc) is 2.09. The highest BCUT2D eigenvalue weighted by Gasteiger charge is 2.28. The molecule has 22 nitrogen and oxygen atoms in total. The van der Waals surface area contributed by atoms with E-state index in [0.29, 0.717) is 113 Å². The number of hydrogen-bond acceptors (Lipinski definition) is 17. The van der Waals surface area contributed by atoms with Crippen LogP contribution in [0, 0.1) is 35.5 Å². The second-order valence-electron chi connectivity index (χ2n) is 20.4. The van der Waals surface area contributed by atoms with Crippen LogP contribution in [-0.2, 0) is 52.4 Å². The highest BCUT2D eigenvalue weighted by molar-refractivity contribution is 7.65. The van der Waals surface area contributed by atoms with Crippen LogP contribution in [-0.4, -0.2) is 158 Å². The monoisotopic (exact) mass is 1230 g/mol. The van der Waals surface area contributed by atoms with Gasteiger partial charge in [0.25, 0.3) is 6.47 Å². The zero-order valence-electron chi connectivity index (χ0n) is 47.6. The fourth-order valence-corrected chi connectivity index (χ4v) is 11.0. The maximum Gasteiger partial charge on any atom is 0.341 e. The molecule has 0 amide bonds. The number of carbonyl (C=O) groups excluding carboxylic acids is 1. The van der Waals surface area contributed by atoms with Crippen LogP contribution in [0.3, 0.4) is 0 Å². The number of aromatic nitrogens is 3. The van der Waals surface area contributed by atoms with E-state index < -0.39 is 47.3 Å². The first-order valence-corrected chi connectivity index (χ1v) is 33.4. The van der Waals surface area contributed by atoms with Gasteiger partial charge < -0.3 is 49.6 Å². The van der Waals surface area contributed by atoms with Gasteiger partial charge in [0.2, 0.25) is 28.9 Å². The van der Waals surface area contributed by atoms with Crippen LogP contribution in [0.2, 0.25) is 0 Å². The lowest BCUT2D eigenvalue weighted by molar-refractivity contribution is -0.140. The number of carbonyl (C=O) groups is 3. The van der Waals surface area contributed by atoms with Crippen molar-refractivity contribution in [3.05, 3.63) is 160 Å². The van der Waals surface area contributed by atoms with E-state index in [1.54, 1.807) is 91.0 Å². The Morgan fingerprint density at radius 1 is 0.547 bits per heavy atom. The Kier molecular flexibility index (Phi) is 23.5. The molecule has 3 aromatic heterocycles. The summed E-state index contributed by atoms with van der Waals surface area (Å²) in [5.74, 6) is 17.5. The van der Waals surface area contributed by atoms with Gasteiger partial charge in [-0.25, -0.2) is 24.5 Å². The SMILES string of the molecule is CP(=O)(O)c1cc(C#Cc2ccc(OCC(=O)O)cc2)cc(CN2CCN(Cc3cc(C#Cc4ccc(OCC(=O)O)cc4)cc(P(C)(=O)O)n3)C[C@H](CCCCN)N(Cc3cc(C#Cc4ccc(OCOC=O)cc4)cc(P(C)(=O)O)n3)CC2)n1. The van der Waals surface area contributed by atoms with Gasteiger partial charge in [-0.3, -0.25) is 33.2 Å². The summed E-state index contributed by atoms with van der Waals surface area (Å²) in [6, 6.07) is 29.4. The van der Waals surface area contributed by atoms with Crippen molar-refractivity contribution < 1.29 is 71.9 Å². The Bertz CT molecular complexity index is 3710. The number of carboxylic acid groups (broad SMARTS) is 2. The highest BCUT2D eigenvalue weighted by Crippen LogP contribution is 2.35. The predicted octanol–water partition coefficient (Wildman–Crippen LogP) is 4.40. The second kappa shape index (κ2) is 30.9. The third-order valence-corrected chi connectivity index (χ3v) is 16.4. The van der Waals surface area contributed by atoms with E-state index in [-0.39, 0.29) is 55.2 Å². The molecule has 0 bridgehead atoms. The average molecular weight is 1230 g/mol. The van der Waals surface area contributed by atoms with Crippen LogP contribution in [0.1, 0.15) is 69.7 Å². The van der Waals surface area contributed by atoms with Gasteiger partial charge in [-0.05, 0) is 129 Å². The lowest BCUT2D eigenvalue weighted by Crippen LogP contribution is -2.44. The second-order valence-corrected chi connectivity index (χ2v) is 27.0. The summed E-state index contributed by atoms with van der Waals surface area (Å²) in [7, 11) is -11.8. The summed E-state index contributed by atoms with van der Waals surface area (Å²) in [6.45, 7) is 5.93. The van der Waals surface area contributed by atoms with Gasteiger partial charge >= 0.3 is 11.9 Å². The maximum absolute atomic E-state index is 13.4. The molecular weight excluding hydrogens is 1160 g/mol. The van der Waals surface area contributed by atoms with E-state index in [2.05, 4.69) is 55.0 Å². The van der Waals surface area contributed by atoms with Crippen LogP contribution in [0.25, 0.3) is 0 Å². The normalized spacial score (nSPS) is 16.0. The summed E-state index contributed by atoms with van der Waals surface area (Å²) < 4.78 is 60.7. The number of aliphatic carboxylic acids is 2. The van der Waals surface area contributed by atoms with Crippen LogP contribution in [0.4, 0.5) is 0 Å². The minimum atomic E-state index is -3.94. The van der Waals surface area contributed by atoms with E-state index >= 15 is 0 Å². The Morgan fingerprint density at radius 3 is 1.31 bits per heavy atom. The number of ether oxygens (including phenoxy) is 4. The van der Waals surface area contributed by atoms with Crippen molar-refractivity contribution in [1.82, 2.24) is 29.7 Å². The van der Waals surface area contributed by atoms with E-state index in [1.807, 2.05) is 0 Å². The molecule has 4 heterocycles. The number of rotatable bonds is 23. The summed E-state index contributed by atoms with van der Waals surface area (Å²) in [6.07, 6.45) is 2.15. The Balaban J connectivity index is 1.26. The van der Waals surface area contributed by atoms with Gasteiger partial charge in [0.15, 0.2) is 13.2 Å². The third-order valence-electron chi connectivity index (χ3n) is 13.1. The molecule has 1 aliphatic rings. The van der Waals surface area contributed by atoms with Crippen molar-refractivity contribution >= 4 is 56.8 Å². The van der Waals surface area contributed by atoms with Crippen LogP contribution < -0.4 is 36.2 Å². The number of nitrogens with two attached hydrogens (primary N) is 1. The standard InChI is InChI=1S/C61H66N7O15P3/c1-84(74,75)57-33-47(10-7-44-13-19-54(20-14-44)81-40-60(70)71)30-50(63-57)36-66-26-27-67(37-51-31-48(34-58(64-51)85(2,76)77)11-8-45-15-21-55(22-16-45)82-41-61(72)73)39-53(6-4-5-25-62)68(29-28-66)38-52-32-49(35-59(65-52)86(3,78)79)12-9-46-17-23-56(24-18-46)83-43-80-42-69/h13-24,30-35,42,53H,4-6,25-29,36-41,43,62H2,1-3H3,(H,70,71)(H,72,73)(H,74,75)(H,76,77)(H,78,79)/t53-/m0/s1. The van der Waals surface area contributed by atoms with Gasteiger partial charge in [0.1, 0.15) is 33.6 Å². The molecule has 4 atom stereocenters. The number of carboxylic acids is 2. The minimum absolute atomic E-state index is 0.0297. The van der Waals surface area contributed by atoms with Gasteiger partial charge in [-0.1, -0.05) is 41.9 Å². The molecule has 3 aromatic carbocycles. The summed E-state index contributed by atoms with van der Waals surface area (Å²) in [5.41, 5.74) is 10.4. The largest absolute Gasteiger partial charge is 0.482 e. The molecule has 3 unspecified atom stereocenters. The van der Waals surface area contributed by atoms with Crippen LogP contribution in [0.15, 0.2) is 109 Å². The molecule has 7 N–H and O–H groups in total. The van der Waals surface area contributed by atoms with Gasteiger partial charge in [0, 0.05) is 112 Å². The molecule has 1 fully saturated rings. The topological polar surface area (TPSA) is 315 Å². The molecule has 6 aromatic rings. The van der Waals surface area contributed by atoms with E-state index in [1.165, 1.54) is 38.2 Å². The summed E-state index contributed by atoms with van der Waals surface area (Å²) in [4.78, 5) is 86.2. The van der Waals surface area contributed by atoms with Crippen molar-refractivity contribution in [2.24, 2.45) is 5.73 Å². The molecular formula is C61H66N7O15P3. The Hall–Kier alpha value is -7.99. The number of benzene rings is 3. The highest BCUT2D eigenvalue weighted by atomic mass is 31.2. The summed E-state index contributed by atoms with van der Waals surface area (Å²) in [5, 5.41) is 18.0. The van der Waals surface area contributed by atoms with E-state index in [9.17, 15) is 42.8 Å². The Morgan fingerprint density at radius 2 is 0.919 bits per heavy atom. The lowest BCUT2D eigenvalue weighted by Gasteiger charge is -2.35. The Labute approximate surface area is 498 Å². The van der Waals surface area contributed by atoms with Gasteiger partial charge in [-0.2, -0.15) is 0 Å². The fourth-order valence-electron chi connectivity index (χ4n) is 8.90. The van der Waals surface area contributed by atoms with Crippen molar-refractivity contribution in [2.75, 3.05) is 79.3 Å². The van der Waals surface area contributed by atoms with E-state index in [0.717, 1.165) is 12.8 Å². The molecule has 450 valence electrons.